The van der Waals surface area contributed by atoms with Gasteiger partial charge in [0.1, 0.15) is 11.3 Å². The summed E-state index contributed by atoms with van der Waals surface area (Å²) in [5, 5.41) is 3.07. The average molecular weight is 292 g/mol. The van der Waals surface area contributed by atoms with Crippen molar-refractivity contribution in [3.63, 3.8) is 0 Å². The number of hydrogen-bond donors (Lipinski definition) is 1. The predicted octanol–water partition coefficient (Wildman–Crippen LogP) is 0.0866. The van der Waals surface area contributed by atoms with Crippen LogP contribution < -0.4 is 5.32 Å². The highest BCUT2D eigenvalue weighted by atomic mass is 16.5. The standard InChI is InChI=1S/C14H16N2O5/c1-14(13(19)20-3)9-8(11(17)16(2)12(9)18)10(15-14)7-5-4-6-21-7/h4-6,8-10,15H,1-3H3/t8-,9+,10-,14-/m0/s1. The van der Waals surface area contributed by atoms with Crippen molar-refractivity contribution in [1.29, 1.82) is 0 Å². The van der Waals surface area contributed by atoms with Crippen LogP contribution in [-0.2, 0) is 19.1 Å². The van der Waals surface area contributed by atoms with E-state index in [1.54, 1.807) is 19.1 Å². The van der Waals surface area contributed by atoms with Crippen LogP contribution in [-0.4, -0.2) is 42.4 Å². The van der Waals surface area contributed by atoms with E-state index >= 15 is 0 Å². The normalized spacial score (nSPS) is 35.2. The molecule has 0 aromatic carbocycles. The molecule has 0 bridgehead atoms. The SMILES string of the molecule is COC(=O)[C@@]1(C)N[C@@H](c2ccco2)[C@H]2C(=O)N(C)C(=O)[C@@H]21. The summed E-state index contributed by atoms with van der Waals surface area (Å²) in [6.45, 7) is 1.59. The number of nitrogens with one attached hydrogen (secondary N) is 1. The van der Waals surface area contributed by atoms with Crippen LogP contribution in [0, 0.1) is 11.8 Å². The summed E-state index contributed by atoms with van der Waals surface area (Å²) in [5.41, 5.74) is -1.26. The van der Waals surface area contributed by atoms with Crippen molar-refractivity contribution in [2.24, 2.45) is 11.8 Å². The smallest absolute Gasteiger partial charge is 0.326 e. The molecule has 3 heterocycles. The number of carbonyl (C=O) groups is 3. The molecule has 2 fully saturated rings. The quantitative estimate of drug-likeness (QED) is 0.614. The third-order valence-electron chi connectivity index (χ3n) is 4.47. The largest absolute Gasteiger partial charge is 0.468 e. The minimum atomic E-state index is -1.26. The second-order valence-corrected chi connectivity index (χ2v) is 5.57. The van der Waals surface area contributed by atoms with Gasteiger partial charge >= 0.3 is 5.97 Å². The summed E-state index contributed by atoms with van der Waals surface area (Å²) in [4.78, 5) is 38.0. The molecule has 1 aromatic rings. The van der Waals surface area contributed by atoms with Crippen LogP contribution in [0.3, 0.4) is 0 Å². The third kappa shape index (κ3) is 1.67. The molecule has 0 unspecified atom stereocenters. The maximum atomic E-state index is 12.4. The Morgan fingerprint density at radius 3 is 2.71 bits per heavy atom. The van der Waals surface area contributed by atoms with Gasteiger partial charge in [0.25, 0.3) is 0 Å². The van der Waals surface area contributed by atoms with Gasteiger partial charge in [-0.1, -0.05) is 0 Å². The van der Waals surface area contributed by atoms with Crippen LogP contribution in [0.4, 0.5) is 0 Å². The first-order valence-electron chi connectivity index (χ1n) is 6.62. The lowest BCUT2D eigenvalue weighted by Gasteiger charge is -2.27. The number of nitrogens with zero attached hydrogens (tertiary/aromatic N) is 1. The fourth-order valence-electron chi connectivity index (χ4n) is 3.39. The third-order valence-corrected chi connectivity index (χ3v) is 4.47. The molecule has 2 saturated heterocycles. The van der Waals surface area contributed by atoms with Crippen LogP contribution in [0.15, 0.2) is 22.8 Å². The van der Waals surface area contributed by atoms with Gasteiger partial charge in [-0.25, -0.2) is 0 Å². The lowest BCUT2D eigenvalue weighted by molar-refractivity contribution is -0.152. The zero-order valence-electron chi connectivity index (χ0n) is 12.0. The van der Waals surface area contributed by atoms with E-state index in [-0.39, 0.29) is 11.8 Å². The summed E-state index contributed by atoms with van der Waals surface area (Å²) >= 11 is 0. The van der Waals surface area contributed by atoms with Gasteiger partial charge < -0.3 is 9.15 Å². The van der Waals surface area contributed by atoms with E-state index in [1.807, 2.05) is 0 Å². The van der Waals surface area contributed by atoms with Crippen molar-refractivity contribution in [3.8, 4) is 0 Å². The molecular weight excluding hydrogens is 276 g/mol. The van der Waals surface area contributed by atoms with Crippen LogP contribution in [0.5, 0.6) is 0 Å². The molecule has 0 radical (unpaired) electrons. The molecule has 7 nitrogen and oxygen atoms in total. The number of furan rings is 1. The summed E-state index contributed by atoms with van der Waals surface area (Å²) < 4.78 is 10.2. The van der Waals surface area contributed by atoms with Gasteiger partial charge in [-0.05, 0) is 19.1 Å². The molecule has 112 valence electrons. The average Bonchev–Trinajstić information content (AvgIpc) is 3.14. The van der Waals surface area contributed by atoms with E-state index in [4.69, 9.17) is 9.15 Å². The van der Waals surface area contributed by atoms with E-state index in [0.29, 0.717) is 5.76 Å². The van der Waals surface area contributed by atoms with Gasteiger partial charge in [-0.15, -0.1) is 0 Å². The Morgan fingerprint density at radius 2 is 2.14 bits per heavy atom. The Labute approximate surface area is 121 Å². The van der Waals surface area contributed by atoms with Crippen molar-refractivity contribution >= 4 is 17.8 Å². The number of amides is 2. The van der Waals surface area contributed by atoms with E-state index in [0.717, 1.165) is 4.90 Å². The number of methoxy groups -OCH3 is 1. The lowest BCUT2D eigenvalue weighted by atomic mass is 9.81. The van der Waals surface area contributed by atoms with Gasteiger partial charge in [0.2, 0.25) is 11.8 Å². The first-order chi connectivity index (χ1) is 9.91. The van der Waals surface area contributed by atoms with Crippen molar-refractivity contribution in [2.75, 3.05) is 14.2 Å². The summed E-state index contributed by atoms with van der Waals surface area (Å²) in [5.74, 6) is -2.20. The Hall–Kier alpha value is -2.15. The first-order valence-corrected chi connectivity index (χ1v) is 6.62. The molecule has 1 aromatic heterocycles. The molecule has 0 aliphatic carbocycles. The van der Waals surface area contributed by atoms with Gasteiger partial charge in [-0.3, -0.25) is 24.6 Å². The second kappa shape index (κ2) is 4.42. The zero-order chi connectivity index (χ0) is 15.4. The summed E-state index contributed by atoms with van der Waals surface area (Å²) in [7, 11) is 2.69. The minimum absolute atomic E-state index is 0.313. The van der Waals surface area contributed by atoms with Crippen LogP contribution in [0.25, 0.3) is 0 Å². The number of ether oxygens (including phenoxy) is 1. The molecule has 0 saturated carbocycles. The number of imide groups is 1. The van der Waals surface area contributed by atoms with E-state index in [2.05, 4.69) is 5.32 Å². The van der Waals surface area contributed by atoms with Gasteiger partial charge in [-0.2, -0.15) is 0 Å². The Balaban J connectivity index is 2.10. The highest BCUT2D eigenvalue weighted by molar-refractivity contribution is 6.09. The Bertz CT molecular complexity index is 611. The molecule has 0 spiro atoms. The number of rotatable bonds is 2. The molecule has 3 rings (SSSR count). The number of likely N-dealkylation sites (tertiary alicyclic amines) is 1. The van der Waals surface area contributed by atoms with Crippen molar-refractivity contribution in [1.82, 2.24) is 10.2 Å². The van der Waals surface area contributed by atoms with Gasteiger partial charge in [0.15, 0.2) is 0 Å². The highest BCUT2D eigenvalue weighted by Crippen LogP contribution is 2.48. The molecule has 2 aliphatic heterocycles. The summed E-state index contributed by atoms with van der Waals surface area (Å²) in [6.07, 6.45) is 1.49. The predicted molar refractivity (Wildman–Crippen MR) is 69.8 cm³/mol. The van der Waals surface area contributed by atoms with Crippen molar-refractivity contribution < 1.29 is 23.5 Å². The van der Waals surface area contributed by atoms with E-state index in [9.17, 15) is 14.4 Å². The highest BCUT2D eigenvalue weighted by Gasteiger charge is 2.66. The molecule has 7 heteroatoms. The fourth-order valence-corrected chi connectivity index (χ4v) is 3.39. The van der Waals surface area contributed by atoms with Crippen molar-refractivity contribution in [2.45, 2.75) is 18.5 Å². The Kier molecular flexibility index (Phi) is 2.91. The first kappa shape index (κ1) is 13.8. The number of hydrogen-bond acceptors (Lipinski definition) is 6. The van der Waals surface area contributed by atoms with Crippen molar-refractivity contribution in [3.05, 3.63) is 24.2 Å². The lowest BCUT2D eigenvalue weighted by Crippen LogP contribution is -2.53. The van der Waals surface area contributed by atoms with Gasteiger partial charge in [0.05, 0.1) is 31.3 Å². The van der Waals surface area contributed by atoms with Crippen LogP contribution in [0.1, 0.15) is 18.7 Å². The molecule has 2 aliphatic rings. The fraction of sp³-hybridized carbons (Fsp3) is 0.500. The number of fused-ring (bicyclic) bond motifs is 1. The second-order valence-electron chi connectivity index (χ2n) is 5.57. The maximum Gasteiger partial charge on any atom is 0.326 e. The molecular formula is C14H16N2O5. The van der Waals surface area contributed by atoms with Crippen LogP contribution >= 0.6 is 0 Å². The topological polar surface area (TPSA) is 88.8 Å². The maximum absolute atomic E-state index is 12.4. The monoisotopic (exact) mass is 292 g/mol. The number of carbonyl (C=O) groups excluding carboxylic acids is 3. The zero-order valence-corrected chi connectivity index (χ0v) is 12.0. The molecule has 1 N–H and O–H groups in total. The van der Waals surface area contributed by atoms with Gasteiger partial charge in [0, 0.05) is 7.05 Å². The molecule has 4 atom stereocenters. The minimum Gasteiger partial charge on any atom is -0.468 e. The van der Waals surface area contributed by atoms with Crippen LogP contribution in [0.2, 0.25) is 0 Å². The molecule has 21 heavy (non-hydrogen) atoms. The molecule has 2 amide bonds. The number of esters is 1. The van der Waals surface area contributed by atoms with E-state index < -0.39 is 29.4 Å². The summed E-state index contributed by atoms with van der Waals surface area (Å²) in [6, 6.07) is 2.88. The van der Waals surface area contributed by atoms with E-state index in [1.165, 1.54) is 20.4 Å². The Morgan fingerprint density at radius 1 is 1.43 bits per heavy atom.